The number of carbonyl (C=O) groups excluding carboxylic acids is 2. The molecule has 0 radical (unpaired) electrons. The molecule has 36 heavy (non-hydrogen) atoms. The van der Waals surface area contributed by atoms with E-state index in [9.17, 15) is 9.59 Å². The normalized spacial score (nSPS) is 15.1. The summed E-state index contributed by atoms with van der Waals surface area (Å²) in [6.45, 7) is 9.54. The Morgan fingerprint density at radius 2 is 2.03 bits per heavy atom. The lowest BCUT2D eigenvalue weighted by Crippen LogP contribution is -2.32. The first-order valence-corrected chi connectivity index (χ1v) is 13.1. The van der Waals surface area contributed by atoms with Gasteiger partial charge < -0.3 is 19.5 Å². The maximum atomic E-state index is 13.3. The van der Waals surface area contributed by atoms with E-state index in [1.54, 1.807) is 6.08 Å². The van der Waals surface area contributed by atoms with Gasteiger partial charge in [0.15, 0.2) is 11.0 Å². The Morgan fingerprint density at radius 1 is 1.22 bits per heavy atom. The Kier molecular flexibility index (Phi) is 8.43. The highest BCUT2D eigenvalue weighted by atomic mass is 32.2. The van der Waals surface area contributed by atoms with Gasteiger partial charge in [0.25, 0.3) is 5.91 Å². The van der Waals surface area contributed by atoms with Crippen molar-refractivity contribution in [2.75, 3.05) is 24.2 Å². The van der Waals surface area contributed by atoms with E-state index in [-0.39, 0.29) is 23.6 Å². The molecule has 2 heterocycles. The topological polar surface area (TPSA) is 89.3 Å². The third-order valence-electron chi connectivity index (χ3n) is 5.92. The minimum absolute atomic E-state index is 0.00158. The first-order valence-electron chi connectivity index (χ1n) is 12.1. The van der Waals surface area contributed by atoms with Gasteiger partial charge in [-0.1, -0.05) is 35.5 Å². The van der Waals surface area contributed by atoms with Crippen LogP contribution in [0, 0.1) is 6.92 Å². The highest BCUT2D eigenvalue weighted by molar-refractivity contribution is 7.99. The SMILES string of the molecule is C=CCn1c(SCC(=O)Nc2ccc(OCC)cc2)nnc1C1CCCN1C(=O)c1cccc(C)c1. The van der Waals surface area contributed by atoms with Crippen molar-refractivity contribution in [1.29, 1.82) is 0 Å². The molecule has 0 spiro atoms. The zero-order valence-electron chi connectivity index (χ0n) is 20.6. The first-order chi connectivity index (χ1) is 17.5. The molecule has 1 aliphatic heterocycles. The molecule has 0 bridgehead atoms. The van der Waals surface area contributed by atoms with E-state index in [1.807, 2.05) is 71.8 Å². The number of benzene rings is 2. The smallest absolute Gasteiger partial charge is 0.254 e. The van der Waals surface area contributed by atoms with E-state index in [0.717, 1.165) is 30.0 Å². The Hall–Kier alpha value is -3.59. The number of hydrogen-bond acceptors (Lipinski definition) is 6. The quantitative estimate of drug-likeness (QED) is 0.312. The molecule has 2 aromatic carbocycles. The first kappa shape index (κ1) is 25.5. The lowest BCUT2D eigenvalue weighted by molar-refractivity contribution is -0.113. The Balaban J connectivity index is 1.45. The molecular weight excluding hydrogens is 474 g/mol. The summed E-state index contributed by atoms with van der Waals surface area (Å²) in [6.07, 6.45) is 3.49. The number of likely N-dealkylation sites (tertiary alicyclic amines) is 1. The summed E-state index contributed by atoms with van der Waals surface area (Å²) < 4.78 is 7.39. The average molecular weight is 506 g/mol. The van der Waals surface area contributed by atoms with Gasteiger partial charge in [0.1, 0.15) is 5.75 Å². The van der Waals surface area contributed by atoms with E-state index < -0.39 is 0 Å². The van der Waals surface area contributed by atoms with Crippen molar-refractivity contribution < 1.29 is 14.3 Å². The molecule has 1 unspecified atom stereocenters. The standard InChI is InChI=1S/C27H31N5O3S/c1-4-15-32-25(23-10-7-16-31(23)26(34)20-9-6-8-19(3)17-20)29-30-27(32)36-18-24(33)28-21-11-13-22(14-12-21)35-5-2/h4,6,8-9,11-14,17,23H,1,5,7,10,15-16,18H2,2-3H3,(H,28,33). The van der Waals surface area contributed by atoms with E-state index >= 15 is 0 Å². The fraction of sp³-hybridized carbons (Fsp3) is 0.333. The molecule has 8 nitrogen and oxygen atoms in total. The van der Waals surface area contributed by atoms with E-state index in [1.165, 1.54) is 11.8 Å². The number of allylic oxidation sites excluding steroid dienone is 1. The minimum atomic E-state index is -0.169. The van der Waals surface area contributed by atoms with Gasteiger partial charge in [-0.2, -0.15) is 0 Å². The van der Waals surface area contributed by atoms with Crippen LogP contribution in [0.2, 0.25) is 0 Å². The van der Waals surface area contributed by atoms with Gasteiger partial charge in [0.05, 0.1) is 18.4 Å². The van der Waals surface area contributed by atoms with Gasteiger partial charge in [0, 0.05) is 24.3 Å². The van der Waals surface area contributed by atoms with E-state index in [2.05, 4.69) is 22.1 Å². The number of amides is 2. The Bertz CT molecular complexity index is 1220. The Morgan fingerprint density at radius 3 is 2.75 bits per heavy atom. The molecule has 188 valence electrons. The van der Waals surface area contributed by atoms with Crippen LogP contribution in [0.1, 0.15) is 47.6 Å². The molecule has 2 amide bonds. The van der Waals surface area contributed by atoms with Crippen LogP contribution < -0.4 is 10.1 Å². The number of hydrogen-bond donors (Lipinski definition) is 1. The molecule has 0 saturated carbocycles. The second kappa shape index (κ2) is 11.9. The van der Waals surface area contributed by atoms with Crippen LogP contribution in [0.5, 0.6) is 5.75 Å². The predicted molar refractivity (Wildman–Crippen MR) is 141 cm³/mol. The number of ether oxygens (including phenoxy) is 1. The van der Waals surface area contributed by atoms with Crippen LogP contribution in [0.15, 0.2) is 66.3 Å². The highest BCUT2D eigenvalue weighted by Crippen LogP contribution is 2.34. The lowest BCUT2D eigenvalue weighted by atomic mass is 10.1. The fourth-order valence-electron chi connectivity index (χ4n) is 4.30. The van der Waals surface area contributed by atoms with Crippen molar-refractivity contribution in [3.8, 4) is 5.75 Å². The van der Waals surface area contributed by atoms with Crippen molar-refractivity contribution in [2.45, 2.75) is 44.4 Å². The van der Waals surface area contributed by atoms with Crippen LogP contribution in [0.25, 0.3) is 0 Å². The third-order valence-corrected chi connectivity index (χ3v) is 6.88. The second-order valence-corrected chi connectivity index (χ2v) is 9.50. The summed E-state index contributed by atoms with van der Waals surface area (Å²) >= 11 is 1.31. The fourth-order valence-corrected chi connectivity index (χ4v) is 5.06. The highest BCUT2D eigenvalue weighted by Gasteiger charge is 2.34. The minimum Gasteiger partial charge on any atom is -0.494 e. The van der Waals surface area contributed by atoms with Crippen molar-refractivity contribution in [3.63, 3.8) is 0 Å². The number of carbonyl (C=O) groups is 2. The molecule has 1 saturated heterocycles. The average Bonchev–Trinajstić information content (AvgIpc) is 3.51. The lowest BCUT2D eigenvalue weighted by Gasteiger charge is -2.25. The van der Waals surface area contributed by atoms with Gasteiger partial charge in [-0.25, -0.2) is 0 Å². The molecule has 1 fully saturated rings. The van der Waals surface area contributed by atoms with Crippen LogP contribution >= 0.6 is 11.8 Å². The molecule has 1 aromatic heterocycles. The summed E-state index contributed by atoms with van der Waals surface area (Å²) in [6, 6.07) is 14.7. The molecule has 0 aliphatic carbocycles. The van der Waals surface area contributed by atoms with Crippen LogP contribution in [0.3, 0.4) is 0 Å². The van der Waals surface area contributed by atoms with Crippen LogP contribution in [0.4, 0.5) is 5.69 Å². The van der Waals surface area contributed by atoms with Gasteiger partial charge in [-0.15, -0.1) is 16.8 Å². The Labute approximate surface area is 215 Å². The number of thioether (sulfide) groups is 1. The maximum absolute atomic E-state index is 13.3. The van der Waals surface area contributed by atoms with E-state index in [0.29, 0.717) is 36.1 Å². The summed E-state index contributed by atoms with van der Waals surface area (Å²) in [4.78, 5) is 27.7. The number of aromatic nitrogens is 3. The molecule has 1 N–H and O–H groups in total. The molecule has 4 rings (SSSR count). The van der Waals surface area contributed by atoms with Crippen LogP contribution in [-0.2, 0) is 11.3 Å². The van der Waals surface area contributed by atoms with Crippen molar-refractivity contribution in [2.24, 2.45) is 0 Å². The van der Waals surface area contributed by atoms with Gasteiger partial charge in [-0.05, 0) is 63.1 Å². The number of nitrogens with one attached hydrogen (secondary N) is 1. The molecule has 1 aliphatic rings. The van der Waals surface area contributed by atoms with Crippen molar-refractivity contribution >= 4 is 29.3 Å². The third kappa shape index (κ3) is 5.96. The summed E-state index contributed by atoms with van der Waals surface area (Å²) in [5, 5.41) is 12.3. The zero-order valence-corrected chi connectivity index (χ0v) is 21.5. The summed E-state index contributed by atoms with van der Waals surface area (Å²) in [5.41, 5.74) is 2.43. The maximum Gasteiger partial charge on any atom is 0.254 e. The second-order valence-electron chi connectivity index (χ2n) is 8.56. The molecule has 1 atom stereocenters. The molecule has 3 aromatic rings. The van der Waals surface area contributed by atoms with Crippen molar-refractivity contribution in [3.05, 3.63) is 78.1 Å². The van der Waals surface area contributed by atoms with Crippen molar-refractivity contribution in [1.82, 2.24) is 19.7 Å². The summed E-state index contributed by atoms with van der Waals surface area (Å²) in [5.74, 6) is 1.52. The van der Waals surface area contributed by atoms with Gasteiger partial charge in [-0.3, -0.25) is 9.59 Å². The van der Waals surface area contributed by atoms with Gasteiger partial charge in [0.2, 0.25) is 5.91 Å². The summed E-state index contributed by atoms with van der Waals surface area (Å²) in [7, 11) is 0. The van der Waals surface area contributed by atoms with E-state index in [4.69, 9.17) is 4.74 Å². The largest absolute Gasteiger partial charge is 0.494 e. The number of rotatable bonds is 10. The molecular formula is C27H31N5O3S. The predicted octanol–water partition coefficient (Wildman–Crippen LogP) is 4.88. The number of aryl methyl sites for hydroxylation is 1. The van der Waals surface area contributed by atoms with Gasteiger partial charge >= 0.3 is 0 Å². The molecule has 9 heteroatoms. The number of nitrogens with zero attached hydrogens (tertiary/aromatic N) is 4. The monoisotopic (exact) mass is 505 g/mol. The number of anilines is 1. The van der Waals surface area contributed by atoms with Crippen LogP contribution in [-0.4, -0.2) is 50.4 Å². The zero-order chi connectivity index (χ0) is 25.5.